The maximum absolute atomic E-state index is 14.3. The van der Waals surface area contributed by atoms with Crippen LogP contribution in [0.2, 0.25) is 10.0 Å². The van der Waals surface area contributed by atoms with Crippen LogP contribution in [0.4, 0.5) is 14.9 Å². The van der Waals surface area contributed by atoms with E-state index in [0.29, 0.717) is 24.2 Å². The fourth-order valence-electron chi connectivity index (χ4n) is 5.81. The first-order valence-corrected chi connectivity index (χ1v) is 16.0. The van der Waals surface area contributed by atoms with Crippen LogP contribution in [0.5, 0.6) is 0 Å². The maximum Gasteiger partial charge on any atom is 0.411 e. The molecule has 2 aliphatic rings. The summed E-state index contributed by atoms with van der Waals surface area (Å²) in [6, 6.07) is 9.62. The van der Waals surface area contributed by atoms with E-state index >= 15 is 0 Å². The summed E-state index contributed by atoms with van der Waals surface area (Å²) in [5, 5.41) is 8.95. The Kier molecular flexibility index (Phi) is 9.91. The van der Waals surface area contributed by atoms with Crippen LogP contribution in [0, 0.1) is 5.82 Å². The number of benzene rings is 2. The first kappa shape index (κ1) is 33.0. The van der Waals surface area contributed by atoms with Gasteiger partial charge in [0, 0.05) is 54.4 Å². The van der Waals surface area contributed by atoms with Gasteiger partial charge in [0.2, 0.25) is 5.91 Å². The number of anilines is 1. The van der Waals surface area contributed by atoms with Gasteiger partial charge >= 0.3 is 6.09 Å². The highest BCUT2D eigenvalue weighted by atomic mass is 35.5. The lowest BCUT2D eigenvalue weighted by molar-refractivity contribution is -0.143. The van der Waals surface area contributed by atoms with Crippen LogP contribution < -0.4 is 4.90 Å². The highest BCUT2D eigenvalue weighted by Gasteiger charge is 2.45. The number of carbonyl (C=O) groups excluding carboxylic acids is 2. The number of halogens is 3. The smallest absolute Gasteiger partial charge is 0.411 e. The third-order valence-electron chi connectivity index (χ3n) is 8.13. The molecule has 2 fully saturated rings. The van der Waals surface area contributed by atoms with Crippen molar-refractivity contribution < 1.29 is 23.5 Å². The number of rotatable bonds is 7. The molecule has 2 saturated heterocycles. The van der Waals surface area contributed by atoms with Crippen molar-refractivity contribution in [2.75, 3.05) is 44.2 Å². The monoisotopic (exact) mass is 660 g/mol. The van der Waals surface area contributed by atoms with Gasteiger partial charge in [0.15, 0.2) is 0 Å². The minimum atomic E-state index is -0.804. The van der Waals surface area contributed by atoms with Gasteiger partial charge in [0.25, 0.3) is 0 Å². The second kappa shape index (κ2) is 13.5. The van der Waals surface area contributed by atoms with Crippen molar-refractivity contribution in [2.24, 2.45) is 0 Å². The van der Waals surface area contributed by atoms with E-state index in [0.717, 1.165) is 24.3 Å². The number of aromatic nitrogens is 3. The Balaban J connectivity index is 1.36. The molecule has 3 atom stereocenters. The van der Waals surface area contributed by atoms with E-state index in [4.69, 9.17) is 32.7 Å². The lowest BCUT2D eigenvalue weighted by Gasteiger charge is -2.36. The molecule has 0 bridgehead atoms. The number of carbonyl (C=O) groups is 2. The minimum Gasteiger partial charge on any atom is -0.444 e. The predicted octanol–water partition coefficient (Wildman–Crippen LogP) is 6.39. The quantitative estimate of drug-likeness (QED) is 0.271. The number of likely N-dealkylation sites (tertiary alicyclic amines) is 1. The lowest BCUT2D eigenvalue weighted by Crippen LogP contribution is -2.52. The Morgan fingerprint density at radius 1 is 1.09 bits per heavy atom. The second-order valence-electron chi connectivity index (χ2n) is 12.3. The molecule has 242 valence electrons. The van der Waals surface area contributed by atoms with E-state index in [1.807, 2.05) is 18.3 Å². The molecule has 2 amide bonds. The molecule has 0 aliphatic carbocycles. The molecule has 0 N–H and O–H groups in total. The highest BCUT2D eigenvalue weighted by molar-refractivity contribution is 6.35. The SMILES string of the molecule is CCN(CC)c1ccc(-c2cn(C3C[C@@H](C(=O)N4CCOC(c5cc(F)c(Cl)cc5Cl)C4)N(C(=O)OC(C)(C)C)C3)nn2)cc1. The normalized spacial score (nSPS) is 20.4. The van der Waals surface area contributed by atoms with E-state index in [2.05, 4.69) is 41.2 Å². The lowest BCUT2D eigenvalue weighted by atomic mass is 10.1. The molecule has 10 nitrogen and oxygen atoms in total. The van der Waals surface area contributed by atoms with Crippen molar-refractivity contribution in [3.63, 3.8) is 0 Å². The van der Waals surface area contributed by atoms with Crippen molar-refractivity contribution in [3.05, 3.63) is 64.0 Å². The van der Waals surface area contributed by atoms with Gasteiger partial charge in [0.1, 0.15) is 29.3 Å². The van der Waals surface area contributed by atoms with Gasteiger partial charge in [-0.15, -0.1) is 5.10 Å². The Morgan fingerprint density at radius 3 is 2.47 bits per heavy atom. The van der Waals surface area contributed by atoms with E-state index in [-0.39, 0.29) is 41.7 Å². The summed E-state index contributed by atoms with van der Waals surface area (Å²) < 4.78 is 27.6. The van der Waals surface area contributed by atoms with E-state index in [1.165, 1.54) is 17.0 Å². The number of morpholine rings is 1. The van der Waals surface area contributed by atoms with Crippen molar-refractivity contribution in [1.82, 2.24) is 24.8 Å². The topological polar surface area (TPSA) is 93.0 Å². The zero-order valence-corrected chi connectivity index (χ0v) is 27.7. The molecule has 3 aromatic rings. The summed E-state index contributed by atoms with van der Waals surface area (Å²) in [5.74, 6) is -0.876. The summed E-state index contributed by atoms with van der Waals surface area (Å²) in [6.45, 7) is 12.3. The van der Waals surface area contributed by atoms with Crippen LogP contribution >= 0.6 is 23.2 Å². The van der Waals surface area contributed by atoms with Crippen molar-refractivity contribution in [1.29, 1.82) is 0 Å². The van der Waals surface area contributed by atoms with E-state index in [9.17, 15) is 14.0 Å². The molecule has 2 unspecified atom stereocenters. The second-order valence-corrected chi connectivity index (χ2v) is 13.1. The van der Waals surface area contributed by atoms with Crippen LogP contribution in [0.1, 0.15) is 58.7 Å². The van der Waals surface area contributed by atoms with Gasteiger partial charge < -0.3 is 19.3 Å². The molecule has 0 spiro atoms. The summed E-state index contributed by atoms with van der Waals surface area (Å²) in [6.07, 6.45) is 0.933. The Labute approximate surface area is 272 Å². The summed E-state index contributed by atoms with van der Waals surface area (Å²) in [7, 11) is 0. The summed E-state index contributed by atoms with van der Waals surface area (Å²) in [5.41, 5.74) is 2.41. The number of amides is 2. The average Bonchev–Trinajstić information content (AvgIpc) is 3.67. The standard InChI is InChI=1S/C32H39Cl2FN6O4/c1-6-38(7-2)21-10-8-20(9-11-21)27-18-41(37-36-27)22-14-28(40(17-22)31(43)45-32(3,4)5)30(42)39-12-13-44-29(19-39)23-15-26(35)25(34)16-24(23)33/h8-11,15-16,18,22,28-29H,6-7,12-14,17,19H2,1-5H3/t22?,28-,29?/m0/s1. The van der Waals surface area contributed by atoms with Gasteiger partial charge in [-0.3, -0.25) is 9.69 Å². The minimum absolute atomic E-state index is 0.0922. The van der Waals surface area contributed by atoms with E-state index in [1.54, 1.807) is 30.4 Å². The number of hydrogen-bond donors (Lipinski definition) is 0. The van der Waals surface area contributed by atoms with Crippen molar-refractivity contribution >= 4 is 40.9 Å². The Hall–Kier alpha value is -3.41. The van der Waals surface area contributed by atoms with Gasteiger partial charge in [-0.25, -0.2) is 13.9 Å². The average molecular weight is 662 g/mol. The molecule has 2 aromatic carbocycles. The first-order valence-electron chi connectivity index (χ1n) is 15.2. The third-order valence-corrected chi connectivity index (χ3v) is 8.75. The number of nitrogens with zero attached hydrogens (tertiary/aromatic N) is 6. The van der Waals surface area contributed by atoms with Crippen LogP contribution in [0.15, 0.2) is 42.6 Å². The van der Waals surface area contributed by atoms with Gasteiger partial charge in [-0.1, -0.05) is 40.5 Å². The third kappa shape index (κ3) is 7.37. The fraction of sp³-hybridized carbons (Fsp3) is 0.500. The van der Waals surface area contributed by atoms with Gasteiger partial charge in [0.05, 0.1) is 30.4 Å². The maximum atomic E-state index is 14.3. The molecule has 0 radical (unpaired) electrons. The van der Waals surface area contributed by atoms with E-state index < -0.39 is 29.7 Å². The van der Waals surface area contributed by atoms with Gasteiger partial charge in [-0.2, -0.15) is 0 Å². The molecule has 1 aromatic heterocycles. The van der Waals surface area contributed by atoms with Gasteiger partial charge in [-0.05, 0) is 58.9 Å². The zero-order valence-electron chi connectivity index (χ0n) is 26.2. The number of ether oxygens (including phenoxy) is 2. The molecule has 5 rings (SSSR count). The van der Waals surface area contributed by atoms with Crippen molar-refractivity contribution in [2.45, 2.75) is 64.8 Å². The molecule has 13 heteroatoms. The first-order chi connectivity index (χ1) is 21.4. The molecular formula is C32H39Cl2FN6O4. The number of hydrogen-bond acceptors (Lipinski definition) is 7. The predicted molar refractivity (Wildman–Crippen MR) is 171 cm³/mol. The molecule has 2 aliphatic heterocycles. The summed E-state index contributed by atoms with van der Waals surface area (Å²) >= 11 is 12.2. The Bertz CT molecular complexity index is 1520. The van der Waals surface area contributed by atoms with Crippen molar-refractivity contribution in [3.8, 4) is 11.3 Å². The molecule has 45 heavy (non-hydrogen) atoms. The summed E-state index contributed by atoms with van der Waals surface area (Å²) in [4.78, 5) is 32.8. The largest absolute Gasteiger partial charge is 0.444 e. The highest BCUT2D eigenvalue weighted by Crippen LogP contribution is 2.35. The van der Waals surface area contributed by atoms with Crippen LogP contribution in [0.3, 0.4) is 0 Å². The van der Waals surface area contributed by atoms with Crippen LogP contribution in [-0.4, -0.2) is 87.8 Å². The zero-order chi connectivity index (χ0) is 32.5. The Morgan fingerprint density at radius 2 is 1.80 bits per heavy atom. The van der Waals surface area contributed by atoms with Crippen LogP contribution in [-0.2, 0) is 14.3 Å². The molecular weight excluding hydrogens is 622 g/mol. The molecule has 0 saturated carbocycles. The fourth-order valence-corrected chi connectivity index (χ4v) is 6.32. The molecule has 3 heterocycles. The van der Waals surface area contributed by atoms with Crippen LogP contribution in [0.25, 0.3) is 11.3 Å².